The minimum absolute atomic E-state index is 0.407. The summed E-state index contributed by atoms with van der Waals surface area (Å²) >= 11 is 0. The van der Waals surface area contributed by atoms with Gasteiger partial charge >= 0.3 is 0 Å². The molecule has 1 aromatic heterocycles. The third kappa shape index (κ3) is 5.38. The van der Waals surface area contributed by atoms with E-state index in [0.717, 1.165) is 6.29 Å². The molecule has 0 fully saturated rings. The molecule has 0 aliphatic heterocycles. The molecule has 2 aromatic carbocycles. The summed E-state index contributed by atoms with van der Waals surface area (Å²) < 4.78 is 22.1. The van der Waals surface area contributed by atoms with Gasteiger partial charge in [-0.15, -0.1) is 0 Å². The number of aromatic nitrogens is 2. The Hall–Kier alpha value is -3.81. The van der Waals surface area contributed by atoms with E-state index < -0.39 is 0 Å². The monoisotopic (exact) mass is 409 g/mol. The fraction of sp³-hybridized carbons (Fsp3) is 0.227. The van der Waals surface area contributed by atoms with Crippen LogP contribution in [0.15, 0.2) is 54.9 Å². The molecular weight excluding hydrogens is 386 g/mol. The summed E-state index contributed by atoms with van der Waals surface area (Å²) in [7, 11) is 5.05. The Kier molecular flexibility index (Phi) is 7.05. The van der Waals surface area contributed by atoms with Crippen LogP contribution in [0.4, 0.5) is 5.82 Å². The van der Waals surface area contributed by atoms with Crippen LogP contribution in [-0.2, 0) is 0 Å². The SMILES string of the molecule is COc1ccc(Oc2cc(N(C)CCOc3ccc(C=O)cc3)ncn2)cc1OC. The number of carbonyl (C=O) groups is 1. The maximum absolute atomic E-state index is 10.7. The van der Waals surface area contributed by atoms with Gasteiger partial charge in [0.15, 0.2) is 11.5 Å². The van der Waals surface area contributed by atoms with Gasteiger partial charge in [0.1, 0.15) is 36.5 Å². The number of hydrogen-bond donors (Lipinski definition) is 0. The average Bonchev–Trinajstić information content (AvgIpc) is 2.79. The lowest BCUT2D eigenvalue weighted by molar-refractivity contribution is 0.112. The molecule has 3 rings (SSSR count). The van der Waals surface area contributed by atoms with Crippen LogP contribution in [0.3, 0.4) is 0 Å². The minimum Gasteiger partial charge on any atom is -0.493 e. The molecule has 1 heterocycles. The molecule has 156 valence electrons. The van der Waals surface area contributed by atoms with Crippen molar-refractivity contribution < 1.29 is 23.7 Å². The van der Waals surface area contributed by atoms with Gasteiger partial charge in [-0.3, -0.25) is 4.79 Å². The van der Waals surface area contributed by atoms with Crippen LogP contribution in [0.5, 0.6) is 28.9 Å². The third-order valence-corrected chi connectivity index (χ3v) is 4.31. The highest BCUT2D eigenvalue weighted by molar-refractivity contribution is 5.74. The zero-order valence-electron chi connectivity index (χ0n) is 17.1. The first-order valence-electron chi connectivity index (χ1n) is 9.24. The fourth-order valence-electron chi connectivity index (χ4n) is 2.65. The Morgan fingerprint density at radius 2 is 1.67 bits per heavy atom. The molecule has 0 radical (unpaired) electrons. The molecule has 0 atom stereocenters. The van der Waals surface area contributed by atoms with Crippen LogP contribution in [-0.4, -0.2) is 50.7 Å². The first-order valence-corrected chi connectivity index (χ1v) is 9.24. The Morgan fingerprint density at radius 3 is 2.37 bits per heavy atom. The van der Waals surface area contributed by atoms with Crippen LogP contribution >= 0.6 is 0 Å². The topological polar surface area (TPSA) is 83.0 Å². The van der Waals surface area contributed by atoms with Crippen molar-refractivity contribution in [2.45, 2.75) is 0 Å². The molecule has 8 heteroatoms. The number of methoxy groups -OCH3 is 2. The summed E-state index contributed by atoms with van der Waals surface area (Å²) in [5.74, 6) is 3.56. The van der Waals surface area contributed by atoms with Crippen molar-refractivity contribution in [2.75, 3.05) is 39.3 Å². The van der Waals surface area contributed by atoms with Crippen molar-refractivity contribution in [3.8, 4) is 28.9 Å². The van der Waals surface area contributed by atoms with Gasteiger partial charge in [0.2, 0.25) is 5.88 Å². The maximum atomic E-state index is 10.7. The molecule has 0 amide bonds. The molecule has 0 saturated heterocycles. The van der Waals surface area contributed by atoms with Crippen LogP contribution in [0.25, 0.3) is 0 Å². The molecule has 0 aliphatic rings. The van der Waals surface area contributed by atoms with Crippen LogP contribution in [0.2, 0.25) is 0 Å². The standard InChI is InChI=1S/C22H23N3O5/c1-25(10-11-29-17-6-4-16(14-26)5-7-17)21-13-22(24-15-23-21)30-18-8-9-19(27-2)20(12-18)28-3/h4-9,12-15H,10-11H2,1-3H3. The van der Waals surface area contributed by atoms with Gasteiger partial charge in [-0.2, -0.15) is 0 Å². The minimum atomic E-state index is 0.407. The molecule has 0 N–H and O–H groups in total. The van der Waals surface area contributed by atoms with E-state index in [4.69, 9.17) is 18.9 Å². The van der Waals surface area contributed by atoms with Gasteiger partial charge in [0, 0.05) is 24.7 Å². The Bertz CT molecular complexity index is 979. The zero-order valence-corrected chi connectivity index (χ0v) is 17.1. The Balaban J connectivity index is 1.59. The maximum Gasteiger partial charge on any atom is 0.224 e. The second-order valence-electron chi connectivity index (χ2n) is 6.29. The van der Waals surface area contributed by atoms with E-state index >= 15 is 0 Å². The van der Waals surface area contributed by atoms with E-state index in [1.807, 2.05) is 11.9 Å². The number of rotatable bonds is 10. The second-order valence-corrected chi connectivity index (χ2v) is 6.29. The smallest absolute Gasteiger partial charge is 0.224 e. The van der Waals surface area contributed by atoms with Crippen molar-refractivity contribution in [1.82, 2.24) is 9.97 Å². The average molecular weight is 409 g/mol. The molecule has 0 bridgehead atoms. The van der Waals surface area contributed by atoms with Crippen molar-refractivity contribution >= 4 is 12.1 Å². The number of carbonyl (C=O) groups excluding carboxylic acids is 1. The Labute approximate surface area is 175 Å². The number of likely N-dealkylation sites (N-methyl/N-ethyl adjacent to an activating group) is 1. The highest BCUT2D eigenvalue weighted by Gasteiger charge is 2.09. The summed E-state index contributed by atoms with van der Waals surface area (Å²) in [5.41, 5.74) is 0.613. The van der Waals surface area contributed by atoms with Crippen LogP contribution in [0, 0.1) is 0 Å². The number of anilines is 1. The first-order chi connectivity index (χ1) is 14.6. The second kappa shape index (κ2) is 10.1. The van der Waals surface area contributed by atoms with Crippen LogP contribution in [0.1, 0.15) is 10.4 Å². The summed E-state index contributed by atoms with van der Waals surface area (Å²) in [6.45, 7) is 1.05. The van der Waals surface area contributed by atoms with E-state index in [0.29, 0.717) is 53.4 Å². The normalized spacial score (nSPS) is 10.2. The number of nitrogens with zero attached hydrogens (tertiary/aromatic N) is 3. The Morgan fingerprint density at radius 1 is 0.933 bits per heavy atom. The van der Waals surface area contributed by atoms with Crippen molar-refractivity contribution in [1.29, 1.82) is 0 Å². The summed E-state index contributed by atoms with van der Waals surface area (Å²) in [6, 6.07) is 14.0. The highest BCUT2D eigenvalue weighted by Crippen LogP contribution is 2.33. The lowest BCUT2D eigenvalue weighted by atomic mass is 10.2. The van der Waals surface area contributed by atoms with Gasteiger partial charge in [-0.25, -0.2) is 9.97 Å². The van der Waals surface area contributed by atoms with Crippen LogP contribution < -0.4 is 23.8 Å². The highest BCUT2D eigenvalue weighted by atomic mass is 16.5. The molecule has 30 heavy (non-hydrogen) atoms. The predicted octanol–water partition coefficient (Wildman–Crippen LogP) is 3.61. The zero-order chi connectivity index (χ0) is 21.3. The first kappa shape index (κ1) is 20.9. The quantitative estimate of drug-likeness (QED) is 0.470. The third-order valence-electron chi connectivity index (χ3n) is 4.31. The summed E-state index contributed by atoms with van der Waals surface area (Å²) in [4.78, 5) is 21.1. The van der Waals surface area contributed by atoms with E-state index in [2.05, 4.69) is 9.97 Å². The molecule has 0 unspecified atom stereocenters. The summed E-state index contributed by atoms with van der Waals surface area (Å²) in [5, 5.41) is 0. The lowest BCUT2D eigenvalue weighted by Crippen LogP contribution is -2.24. The molecule has 0 aliphatic carbocycles. The molecule has 0 spiro atoms. The predicted molar refractivity (Wildman–Crippen MR) is 112 cm³/mol. The van der Waals surface area contributed by atoms with Gasteiger partial charge in [-0.1, -0.05) is 0 Å². The van der Waals surface area contributed by atoms with E-state index in [1.165, 1.54) is 6.33 Å². The lowest BCUT2D eigenvalue weighted by Gasteiger charge is -2.18. The molecule has 8 nitrogen and oxygen atoms in total. The van der Waals surface area contributed by atoms with Gasteiger partial charge in [0.05, 0.1) is 20.8 Å². The number of ether oxygens (including phenoxy) is 4. The van der Waals surface area contributed by atoms with Gasteiger partial charge in [-0.05, 0) is 36.4 Å². The number of hydrogen-bond acceptors (Lipinski definition) is 8. The number of benzene rings is 2. The summed E-state index contributed by atoms with van der Waals surface area (Å²) in [6.07, 6.45) is 2.25. The van der Waals surface area contributed by atoms with E-state index in [1.54, 1.807) is 62.8 Å². The van der Waals surface area contributed by atoms with Gasteiger partial charge < -0.3 is 23.8 Å². The van der Waals surface area contributed by atoms with Gasteiger partial charge in [0.25, 0.3) is 0 Å². The molecular formula is C22H23N3O5. The van der Waals surface area contributed by atoms with Crippen molar-refractivity contribution in [3.05, 3.63) is 60.4 Å². The number of aldehydes is 1. The van der Waals surface area contributed by atoms with Crippen molar-refractivity contribution in [2.24, 2.45) is 0 Å². The van der Waals surface area contributed by atoms with E-state index in [9.17, 15) is 4.79 Å². The molecule has 0 saturated carbocycles. The molecule has 3 aromatic rings. The largest absolute Gasteiger partial charge is 0.493 e. The van der Waals surface area contributed by atoms with E-state index in [-0.39, 0.29) is 0 Å². The van der Waals surface area contributed by atoms with Crippen molar-refractivity contribution in [3.63, 3.8) is 0 Å². The fourth-order valence-corrected chi connectivity index (χ4v) is 2.65.